The van der Waals surface area contributed by atoms with E-state index in [0.29, 0.717) is 81.0 Å². The number of terminal acetylenes is 1. The lowest BCUT2D eigenvalue weighted by molar-refractivity contribution is -0.138. The molecule has 362 valence electrons. The molecule has 0 spiro atoms. The summed E-state index contributed by atoms with van der Waals surface area (Å²) < 4.78 is 21.0. The van der Waals surface area contributed by atoms with Crippen molar-refractivity contribution in [3.8, 4) is 34.7 Å². The number of aromatic nitrogens is 4. The maximum Gasteiger partial charge on any atom is 0.407 e. The third-order valence-corrected chi connectivity index (χ3v) is 15.0. The Morgan fingerprint density at radius 1 is 0.899 bits per heavy atom. The number of aromatic amines is 2. The second-order valence-electron chi connectivity index (χ2n) is 18.8. The fourth-order valence-electron chi connectivity index (χ4n) is 10.9. The number of carbonyl (C=O) groups excluding carboxylic acids is 4. The quantitative estimate of drug-likeness (QED) is 0.0669. The zero-order valence-electron chi connectivity index (χ0n) is 39.3. The van der Waals surface area contributed by atoms with Crippen LogP contribution in [0.5, 0.6) is 0 Å². The van der Waals surface area contributed by atoms with Crippen LogP contribution < -0.4 is 10.6 Å². The van der Waals surface area contributed by atoms with Crippen LogP contribution >= 0.6 is 11.6 Å². The molecule has 1 saturated carbocycles. The zero-order chi connectivity index (χ0) is 48.5. The van der Waals surface area contributed by atoms with Crippen LogP contribution in [0.15, 0.2) is 67.3 Å². The molecular formula is C52H59ClN8O8. The molecule has 1 aliphatic carbocycles. The number of amides is 4. The van der Waals surface area contributed by atoms with Crippen LogP contribution in [0.1, 0.15) is 63.6 Å². The first-order valence-corrected chi connectivity index (χ1v) is 24.1. The molecule has 8 unspecified atom stereocenters. The van der Waals surface area contributed by atoms with Gasteiger partial charge < -0.3 is 49.3 Å². The number of nitrogens with zero attached hydrogens (tertiary/aromatic N) is 4. The molecule has 4 aliphatic rings. The summed E-state index contributed by atoms with van der Waals surface area (Å²) in [5, 5.41) is 7.92. The Morgan fingerprint density at radius 3 is 2.14 bits per heavy atom. The molecule has 16 nitrogen and oxygen atoms in total. The van der Waals surface area contributed by atoms with E-state index < -0.39 is 36.4 Å². The number of nitrogens with one attached hydrogen (secondary N) is 4. The molecule has 4 fully saturated rings. The molecule has 69 heavy (non-hydrogen) atoms. The summed E-state index contributed by atoms with van der Waals surface area (Å²) in [6.45, 7) is 10.3. The van der Waals surface area contributed by atoms with Crippen molar-refractivity contribution in [3.63, 3.8) is 0 Å². The lowest BCUT2D eigenvalue weighted by Gasteiger charge is -2.35. The van der Waals surface area contributed by atoms with E-state index in [0.717, 1.165) is 38.5 Å². The first-order valence-electron chi connectivity index (χ1n) is 23.8. The molecule has 4 amide bonds. The van der Waals surface area contributed by atoms with Gasteiger partial charge in [0.05, 0.1) is 43.9 Å². The summed E-state index contributed by atoms with van der Waals surface area (Å²) in [5.41, 5.74) is 4.95. The van der Waals surface area contributed by atoms with E-state index >= 15 is 0 Å². The zero-order valence-corrected chi connectivity index (χ0v) is 40.1. The van der Waals surface area contributed by atoms with Gasteiger partial charge >= 0.3 is 12.2 Å². The smallest absolute Gasteiger partial charge is 0.407 e. The maximum absolute atomic E-state index is 14.6. The maximum atomic E-state index is 14.6. The molecule has 2 aromatic heterocycles. The van der Waals surface area contributed by atoms with Gasteiger partial charge in [0, 0.05) is 49.3 Å². The highest BCUT2D eigenvalue weighted by molar-refractivity contribution is 6.32. The molecule has 3 aromatic carbocycles. The minimum atomic E-state index is -0.828. The minimum Gasteiger partial charge on any atom is -0.453 e. The topological polar surface area (TPSA) is 193 Å². The fraction of sp³-hybridized carbons (Fsp3) is 0.462. The SMILES string of the molecule is C#CC1C(C)CC(c2nc3c(ccc4cc(-c5ccc(-c6nc(CN(C(=O)C(NC(=O)OC)C7CCOCC7)C7C(C)C7C=C)[nH]c6Cl)cc5)ccc43)[nH]2)N1C(=O)C(NC(=O)OC)C1CCOCC1. The molecule has 4 N–H and O–H groups in total. The average molecular weight is 960 g/mol. The van der Waals surface area contributed by atoms with E-state index in [9.17, 15) is 19.2 Å². The summed E-state index contributed by atoms with van der Waals surface area (Å²) in [6.07, 6.45) is 9.76. The van der Waals surface area contributed by atoms with Crippen molar-refractivity contribution in [2.75, 3.05) is 40.6 Å². The van der Waals surface area contributed by atoms with Gasteiger partial charge in [0.15, 0.2) is 0 Å². The summed E-state index contributed by atoms with van der Waals surface area (Å²) in [7, 11) is 2.57. The number of ether oxygens (including phenoxy) is 4. The van der Waals surface area contributed by atoms with Gasteiger partial charge in [0.1, 0.15) is 34.6 Å². The van der Waals surface area contributed by atoms with Crippen molar-refractivity contribution in [3.05, 3.63) is 84.1 Å². The number of carbonyl (C=O) groups is 4. The normalized spacial score (nSPS) is 23.7. The number of benzene rings is 3. The molecule has 5 heterocycles. The van der Waals surface area contributed by atoms with Crippen molar-refractivity contribution in [2.24, 2.45) is 29.6 Å². The summed E-state index contributed by atoms with van der Waals surface area (Å²) >= 11 is 6.84. The molecular weight excluding hydrogens is 900 g/mol. The number of fused-ring (bicyclic) bond motifs is 3. The third kappa shape index (κ3) is 9.52. The van der Waals surface area contributed by atoms with E-state index in [4.69, 9.17) is 46.9 Å². The second kappa shape index (κ2) is 20.3. The molecule has 0 radical (unpaired) electrons. The largest absolute Gasteiger partial charge is 0.453 e. The van der Waals surface area contributed by atoms with Gasteiger partial charge in [0.25, 0.3) is 0 Å². The van der Waals surface area contributed by atoms with Gasteiger partial charge in [-0.3, -0.25) is 9.59 Å². The predicted molar refractivity (Wildman–Crippen MR) is 261 cm³/mol. The van der Waals surface area contributed by atoms with Gasteiger partial charge in [0.2, 0.25) is 11.8 Å². The third-order valence-electron chi connectivity index (χ3n) is 14.8. The minimum absolute atomic E-state index is 0.0104. The number of halogens is 1. The monoisotopic (exact) mass is 958 g/mol. The van der Waals surface area contributed by atoms with Crippen molar-refractivity contribution in [2.45, 2.75) is 82.7 Å². The van der Waals surface area contributed by atoms with Gasteiger partial charge in [-0.15, -0.1) is 13.0 Å². The highest BCUT2D eigenvalue weighted by Crippen LogP contribution is 2.46. The number of imidazole rings is 2. The lowest BCUT2D eigenvalue weighted by atomic mass is 9.90. The van der Waals surface area contributed by atoms with Gasteiger partial charge in [-0.05, 0) is 84.4 Å². The van der Waals surface area contributed by atoms with E-state index in [1.807, 2.05) is 43.3 Å². The van der Waals surface area contributed by atoms with Crippen LogP contribution in [0.3, 0.4) is 0 Å². The lowest BCUT2D eigenvalue weighted by Crippen LogP contribution is -2.55. The van der Waals surface area contributed by atoms with Crippen LogP contribution in [-0.2, 0) is 35.1 Å². The van der Waals surface area contributed by atoms with Crippen LogP contribution in [0.2, 0.25) is 5.15 Å². The van der Waals surface area contributed by atoms with Gasteiger partial charge in [-0.1, -0.05) is 79.9 Å². The number of alkyl carbamates (subject to hydrolysis) is 2. The number of H-pyrrole nitrogens is 2. The van der Waals surface area contributed by atoms with Crippen molar-refractivity contribution < 1.29 is 38.1 Å². The van der Waals surface area contributed by atoms with E-state index in [-0.39, 0.29) is 54.0 Å². The highest BCUT2D eigenvalue weighted by Gasteiger charge is 2.52. The number of hydrogen-bond donors (Lipinski definition) is 4. The number of rotatable bonds is 13. The van der Waals surface area contributed by atoms with Crippen LogP contribution in [-0.4, -0.2) is 119 Å². The molecule has 9 rings (SSSR count). The van der Waals surface area contributed by atoms with Gasteiger partial charge in [-0.25, -0.2) is 19.6 Å². The van der Waals surface area contributed by atoms with Crippen LogP contribution in [0.4, 0.5) is 9.59 Å². The van der Waals surface area contributed by atoms with E-state index in [1.54, 1.807) is 9.80 Å². The second-order valence-corrected chi connectivity index (χ2v) is 19.2. The van der Waals surface area contributed by atoms with E-state index in [2.05, 4.69) is 64.3 Å². The fourth-order valence-corrected chi connectivity index (χ4v) is 11.1. The number of hydrogen-bond acceptors (Lipinski definition) is 10. The Morgan fingerprint density at radius 2 is 1.52 bits per heavy atom. The molecule has 0 bridgehead atoms. The molecule has 8 atom stereocenters. The van der Waals surface area contributed by atoms with E-state index in [1.165, 1.54) is 14.2 Å². The molecule has 17 heteroatoms. The first-order chi connectivity index (χ1) is 33.4. The Balaban J connectivity index is 0.944. The van der Waals surface area contributed by atoms with Crippen molar-refractivity contribution >= 4 is 57.4 Å². The number of methoxy groups -OCH3 is 2. The first kappa shape index (κ1) is 47.6. The summed E-state index contributed by atoms with van der Waals surface area (Å²) in [4.78, 5) is 74.3. The van der Waals surface area contributed by atoms with Crippen molar-refractivity contribution in [1.29, 1.82) is 0 Å². The Labute approximate surface area is 406 Å². The average Bonchev–Trinajstić information content (AvgIpc) is 3.67. The molecule has 3 saturated heterocycles. The van der Waals surface area contributed by atoms with Crippen LogP contribution in [0.25, 0.3) is 44.2 Å². The summed E-state index contributed by atoms with van der Waals surface area (Å²) in [5.74, 6) is 3.58. The predicted octanol–water partition coefficient (Wildman–Crippen LogP) is 7.79. The van der Waals surface area contributed by atoms with Crippen LogP contribution in [0, 0.1) is 41.9 Å². The standard InChI is InChI=1S/C52H59ClN8O8/c1-7-36-29(4)46(36)60(49(62)43(58-51(64)66-5)32-17-21-68-22-18-32)27-41-55-42(47(53)56-41)31-11-9-30(10-12-31)34-13-15-37-35(26-34)14-16-38-45(37)57-48(54-38)40-25-28(3)39(8-2)61(40)50(63)44(59-52(65)67-6)33-19-23-69-24-20-33/h2,7,9-16,26,28-29,32-33,36,39-40,43-44,46H,1,17-25,27H2,3-6H3,(H,54,57)(H,55,56)(H,58,64)(H,59,65). The Bertz CT molecular complexity index is 2770. The van der Waals surface area contributed by atoms with Gasteiger partial charge in [-0.2, -0.15) is 0 Å². The van der Waals surface area contributed by atoms with Crippen molar-refractivity contribution in [1.82, 2.24) is 40.4 Å². The Kier molecular flexibility index (Phi) is 14.0. The molecule has 3 aliphatic heterocycles. The highest BCUT2D eigenvalue weighted by atomic mass is 35.5. The molecule has 5 aromatic rings. The Hall–Kier alpha value is -6.41. The summed E-state index contributed by atoms with van der Waals surface area (Å²) in [6, 6.07) is 15.6. The number of likely N-dealkylation sites (tertiary alicyclic amines) is 1.